The van der Waals surface area contributed by atoms with Gasteiger partial charge in [-0.1, -0.05) is 20.8 Å². The van der Waals surface area contributed by atoms with Gasteiger partial charge in [-0.3, -0.25) is 9.59 Å². The third kappa shape index (κ3) is 4.37. The van der Waals surface area contributed by atoms with Gasteiger partial charge in [0, 0.05) is 16.8 Å². The number of benzene rings is 1. The third-order valence-corrected chi connectivity index (χ3v) is 2.47. The Kier molecular flexibility index (Phi) is 4.73. The highest BCUT2D eigenvalue weighted by molar-refractivity contribution is 6.29. The maximum atomic E-state index is 11.7. The Morgan fingerprint density at radius 1 is 1.06 bits per heavy atom. The van der Waals surface area contributed by atoms with Crippen LogP contribution in [0, 0.1) is 5.41 Å². The van der Waals surface area contributed by atoms with Crippen molar-refractivity contribution in [3.63, 3.8) is 0 Å². The number of rotatable bonds is 3. The summed E-state index contributed by atoms with van der Waals surface area (Å²) in [5, 5.41) is 5.42. The summed E-state index contributed by atoms with van der Waals surface area (Å²) in [4.78, 5) is 22.8. The van der Waals surface area contributed by atoms with Gasteiger partial charge in [-0.2, -0.15) is 0 Å². The molecule has 0 unspecified atom stereocenters. The fourth-order valence-corrected chi connectivity index (χ4v) is 1.22. The van der Waals surface area contributed by atoms with Crippen LogP contribution in [0.3, 0.4) is 0 Å². The van der Waals surface area contributed by atoms with Crippen LogP contribution in [0.4, 0.5) is 11.4 Å². The number of alkyl halides is 1. The maximum absolute atomic E-state index is 11.7. The fraction of sp³-hybridized carbons (Fsp3) is 0.385. The highest BCUT2D eigenvalue weighted by Crippen LogP contribution is 2.19. The molecule has 0 saturated heterocycles. The normalized spacial score (nSPS) is 10.9. The molecular weight excluding hydrogens is 252 g/mol. The van der Waals surface area contributed by atoms with Crippen LogP contribution in [0.5, 0.6) is 0 Å². The molecule has 0 fully saturated rings. The molecule has 5 heteroatoms. The minimum Gasteiger partial charge on any atom is -0.326 e. The minimum absolute atomic E-state index is 0.0555. The molecule has 0 radical (unpaired) electrons. The first-order chi connectivity index (χ1) is 8.32. The third-order valence-electron chi connectivity index (χ3n) is 2.23. The van der Waals surface area contributed by atoms with Gasteiger partial charge in [0.2, 0.25) is 11.8 Å². The summed E-state index contributed by atoms with van der Waals surface area (Å²) >= 11 is 5.38. The Hall–Kier alpha value is -1.55. The van der Waals surface area contributed by atoms with Crippen LogP contribution in [0.2, 0.25) is 0 Å². The zero-order valence-corrected chi connectivity index (χ0v) is 11.5. The number of carbonyl (C=O) groups is 2. The summed E-state index contributed by atoms with van der Waals surface area (Å²) in [6, 6.07) is 6.88. The van der Waals surface area contributed by atoms with Crippen LogP contribution >= 0.6 is 11.6 Å². The van der Waals surface area contributed by atoms with Gasteiger partial charge in [0.15, 0.2) is 0 Å². The molecule has 1 aromatic carbocycles. The second-order valence-corrected chi connectivity index (χ2v) is 5.23. The lowest BCUT2D eigenvalue weighted by atomic mass is 9.95. The first-order valence-electron chi connectivity index (χ1n) is 5.60. The Morgan fingerprint density at radius 3 is 1.89 bits per heavy atom. The number of hydrogen-bond donors (Lipinski definition) is 2. The van der Waals surface area contributed by atoms with Crippen LogP contribution in [0.25, 0.3) is 0 Å². The van der Waals surface area contributed by atoms with Crippen molar-refractivity contribution in [1.82, 2.24) is 0 Å². The van der Waals surface area contributed by atoms with Gasteiger partial charge in [-0.05, 0) is 24.3 Å². The molecule has 98 valence electrons. The molecule has 4 nitrogen and oxygen atoms in total. The zero-order valence-electron chi connectivity index (χ0n) is 10.7. The first-order valence-corrected chi connectivity index (χ1v) is 6.13. The van der Waals surface area contributed by atoms with E-state index in [9.17, 15) is 9.59 Å². The lowest BCUT2D eigenvalue weighted by Gasteiger charge is -2.17. The number of halogens is 1. The minimum atomic E-state index is -0.439. The van der Waals surface area contributed by atoms with E-state index in [0.717, 1.165) is 0 Å². The van der Waals surface area contributed by atoms with Gasteiger partial charge in [-0.15, -0.1) is 11.6 Å². The molecule has 0 aliphatic carbocycles. The second-order valence-electron chi connectivity index (χ2n) is 4.96. The maximum Gasteiger partial charge on any atom is 0.239 e. The molecule has 0 aliphatic heterocycles. The summed E-state index contributed by atoms with van der Waals surface area (Å²) in [6.45, 7) is 5.53. The molecule has 2 amide bonds. The van der Waals surface area contributed by atoms with E-state index < -0.39 is 5.41 Å². The molecule has 0 heterocycles. The summed E-state index contributed by atoms with van der Waals surface area (Å²) < 4.78 is 0. The van der Waals surface area contributed by atoms with Gasteiger partial charge in [0.1, 0.15) is 5.88 Å². The van der Waals surface area contributed by atoms with Gasteiger partial charge < -0.3 is 10.6 Å². The molecule has 0 aromatic heterocycles. The van der Waals surface area contributed by atoms with Crippen LogP contribution in [-0.2, 0) is 9.59 Å². The summed E-state index contributed by atoms with van der Waals surface area (Å²) in [7, 11) is 0. The summed E-state index contributed by atoms with van der Waals surface area (Å²) in [5.41, 5.74) is 0.902. The number of anilines is 2. The fourth-order valence-electron chi connectivity index (χ4n) is 1.15. The van der Waals surface area contributed by atoms with E-state index in [1.54, 1.807) is 24.3 Å². The van der Waals surface area contributed by atoms with E-state index >= 15 is 0 Å². The van der Waals surface area contributed by atoms with E-state index in [-0.39, 0.29) is 17.7 Å². The SMILES string of the molecule is CC(C)(C)C(=O)Nc1ccc(NC(=O)CCl)cc1. The van der Waals surface area contributed by atoms with E-state index in [0.29, 0.717) is 11.4 Å². The van der Waals surface area contributed by atoms with E-state index in [1.807, 2.05) is 20.8 Å². The quantitative estimate of drug-likeness (QED) is 0.828. The van der Waals surface area contributed by atoms with Crippen molar-refractivity contribution < 1.29 is 9.59 Å². The molecule has 0 atom stereocenters. The van der Waals surface area contributed by atoms with Gasteiger partial charge >= 0.3 is 0 Å². The Balaban J connectivity index is 2.66. The van der Waals surface area contributed by atoms with E-state index in [2.05, 4.69) is 10.6 Å². The molecule has 18 heavy (non-hydrogen) atoms. The van der Waals surface area contributed by atoms with Crippen molar-refractivity contribution in [1.29, 1.82) is 0 Å². The smallest absolute Gasteiger partial charge is 0.239 e. The van der Waals surface area contributed by atoms with Gasteiger partial charge in [0.25, 0.3) is 0 Å². The van der Waals surface area contributed by atoms with Crippen LogP contribution < -0.4 is 10.6 Å². The first kappa shape index (κ1) is 14.5. The second kappa shape index (κ2) is 5.87. The predicted molar refractivity (Wildman–Crippen MR) is 73.9 cm³/mol. The average molecular weight is 269 g/mol. The number of carbonyl (C=O) groups excluding carboxylic acids is 2. The Bertz CT molecular complexity index is 435. The van der Waals surface area contributed by atoms with Crippen molar-refractivity contribution in [3.8, 4) is 0 Å². The molecule has 0 saturated carbocycles. The van der Waals surface area contributed by atoms with E-state index in [4.69, 9.17) is 11.6 Å². The number of amides is 2. The largest absolute Gasteiger partial charge is 0.326 e. The van der Waals surface area contributed by atoms with Crippen molar-refractivity contribution >= 4 is 34.8 Å². The monoisotopic (exact) mass is 268 g/mol. The lowest BCUT2D eigenvalue weighted by molar-refractivity contribution is -0.123. The van der Waals surface area contributed by atoms with Crippen molar-refractivity contribution in [2.24, 2.45) is 5.41 Å². The van der Waals surface area contributed by atoms with Gasteiger partial charge in [-0.25, -0.2) is 0 Å². The van der Waals surface area contributed by atoms with Crippen LogP contribution in [0.15, 0.2) is 24.3 Å². The van der Waals surface area contributed by atoms with Crippen LogP contribution in [0.1, 0.15) is 20.8 Å². The number of hydrogen-bond acceptors (Lipinski definition) is 2. The molecule has 1 aromatic rings. The standard InChI is InChI=1S/C13H17ClN2O2/c1-13(2,3)12(18)16-10-6-4-9(5-7-10)15-11(17)8-14/h4-7H,8H2,1-3H3,(H,15,17)(H,16,18). The van der Waals surface area contributed by atoms with Gasteiger partial charge in [0.05, 0.1) is 0 Å². The average Bonchev–Trinajstić information content (AvgIpc) is 2.30. The highest BCUT2D eigenvalue weighted by atomic mass is 35.5. The Labute approximate surface area is 112 Å². The Morgan fingerprint density at radius 2 is 1.50 bits per heavy atom. The zero-order chi connectivity index (χ0) is 13.8. The summed E-state index contributed by atoms with van der Waals surface area (Å²) in [6.07, 6.45) is 0. The number of nitrogens with one attached hydrogen (secondary N) is 2. The van der Waals surface area contributed by atoms with Crippen molar-refractivity contribution in [3.05, 3.63) is 24.3 Å². The molecule has 0 aliphatic rings. The molecule has 1 rings (SSSR count). The molecule has 0 spiro atoms. The van der Waals surface area contributed by atoms with E-state index in [1.165, 1.54) is 0 Å². The van der Waals surface area contributed by atoms with Crippen molar-refractivity contribution in [2.45, 2.75) is 20.8 Å². The molecule has 2 N–H and O–H groups in total. The molecule has 0 bridgehead atoms. The molecular formula is C13H17ClN2O2. The predicted octanol–water partition coefficient (Wildman–Crippen LogP) is 2.85. The van der Waals surface area contributed by atoms with Crippen LogP contribution in [-0.4, -0.2) is 17.7 Å². The lowest BCUT2D eigenvalue weighted by Crippen LogP contribution is -2.27. The summed E-state index contributed by atoms with van der Waals surface area (Å²) in [5.74, 6) is -0.397. The highest BCUT2D eigenvalue weighted by Gasteiger charge is 2.20. The van der Waals surface area contributed by atoms with Crippen molar-refractivity contribution in [2.75, 3.05) is 16.5 Å². The topological polar surface area (TPSA) is 58.2 Å².